The van der Waals surface area contributed by atoms with Gasteiger partial charge in [-0.15, -0.1) is 0 Å². The van der Waals surface area contributed by atoms with Gasteiger partial charge in [0.15, 0.2) is 0 Å². The van der Waals surface area contributed by atoms with Gasteiger partial charge in [0.25, 0.3) is 0 Å². The van der Waals surface area contributed by atoms with E-state index in [4.69, 9.17) is 4.74 Å². The van der Waals surface area contributed by atoms with E-state index in [0.29, 0.717) is 5.76 Å². The first-order valence-electron chi connectivity index (χ1n) is 3.42. The molecule has 0 unspecified atom stereocenters. The van der Waals surface area contributed by atoms with Crippen molar-refractivity contribution >= 4 is 5.97 Å². The lowest BCUT2D eigenvalue weighted by Gasteiger charge is -1.97. The highest BCUT2D eigenvalue weighted by Gasteiger charge is 2.31. The van der Waals surface area contributed by atoms with Gasteiger partial charge < -0.3 is 4.74 Å². The molecule has 2 nitrogen and oxygen atoms in total. The third kappa shape index (κ3) is 0.561. The highest BCUT2D eigenvalue weighted by Crippen LogP contribution is 2.37. The van der Waals surface area contributed by atoms with Crippen LogP contribution in [0.1, 0.15) is 19.3 Å². The summed E-state index contributed by atoms with van der Waals surface area (Å²) in [5, 5.41) is 0. The summed E-state index contributed by atoms with van der Waals surface area (Å²) in [7, 11) is 0. The molecular formula is C8H8O2. The first-order chi connectivity index (χ1) is 4.79. The average Bonchev–Trinajstić information content (AvgIpc) is 2.39. The van der Waals surface area contributed by atoms with Crippen LogP contribution in [0.5, 0.6) is 0 Å². The summed E-state index contributed by atoms with van der Waals surface area (Å²) in [6, 6.07) is 0. The maximum atomic E-state index is 10.9. The molecule has 1 aliphatic heterocycles. The molecule has 52 valence electrons. The normalized spacial score (nSPS) is 23.6. The Labute approximate surface area is 59.2 Å². The maximum absolute atomic E-state index is 10.9. The van der Waals surface area contributed by atoms with Crippen LogP contribution in [0.25, 0.3) is 0 Å². The van der Waals surface area contributed by atoms with Crippen molar-refractivity contribution in [2.75, 3.05) is 0 Å². The smallest absolute Gasteiger partial charge is 0.339 e. The van der Waals surface area contributed by atoms with Crippen LogP contribution < -0.4 is 0 Å². The average molecular weight is 136 g/mol. The van der Waals surface area contributed by atoms with E-state index in [1.807, 2.05) is 0 Å². The quantitative estimate of drug-likeness (QED) is 0.472. The predicted molar refractivity (Wildman–Crippen MR) is 36.1 cm³/mol. The van der Waals surface area contributed by atoms with Gasteiger partial charge in [-0.2, -0.15) is 0 Å². The van der Waals surface area contributed by atoms with Crippen molar-refractivity contribution in [3.63, 3.8) is 0 Å². The second-order valence-electron chi connectivity index (χ2n) is 2.62. The van der Waals surface area contributed by atoms with Gasteiger partial charge in [-0.1, -0.05) is 6.58 Å². The Balaban J connectivity index is 2.45. The van der Waals surface area contributed by atoms with E-state index in [-0.39, 0.29) is 5.97 Å². The van der Waals surface area contributed by atoms with E-state index < -0.39 is 0 Å². The molecule has 0 saturated carbocycles. The molecule has 0 saturated heterocycles. The van der Waals surface area contributed by atoms with Crippen LogP contribution in [0.15, 0.2) is 23.5 Å². The number of carbonyl (C=O) groups is 1. The van der Waals surface area contributed by atoms with E-state index in [9.17, 15) is 4.79 Å². The zero-order valence-electron chi connectivity index (χ0n) is 5.64. The highest BCUT2D eigenvalue weighted by atomic mass is 16.5. The van der Waals surface area contributed by atoms with E-state index in [0.717, 1.165) is 30.4 Å². The lowest BCUT2D eigenvalue weighted by atomic mass is 10.2. The van der Waals surface area contributed by atoms with Gasteiger partial charge >= 0.3 is 5.97 Å². The zero-order valence-corrected chi connectivity index (χ0v) is 5.64. The van der Waals surface area contributed by atoms with Gasteiger partial charge in [-0.25, -0.2) is 4.79 Å². The fraction of sp³-hybridized carbons (Fsp3) is 0.375. The molecule has 1 heterocycles. The summed E-state index contributed by atoms with van der Waals surface area (Å²) >= 11 is 0. The summed E-state index contributed by atoms with van der Waals surface area (Å²) in [5.74, 6) is 0.412. The number of hydrogen-bond acceptors (Lipinski definition) is 2. The van der Waals surface area contributed by atoms with E-state index in [1.165, 1.54) is 0 Å². The van der Waals surface area contributed by atoms with Crippen molar-refractivity contribution in [1.29, 1.82) is 0 Å². The first kappa shape index (κ1) is 5.71. The van der Waals surface area contributed by atoms with Crippen molar-refractivity contribution in [3.8, 4) is 0 Å². The van der Waals surface area contributed by atoms with E-state index >= 15 is 0 Å². The van der Waals surface area contributed by atoms with Crippen LogP contribution in [0, 0.1) is 0 Å². The van der Waals surface area contributed by atoms with Gasteiger partial charge in [0.1, 0.15) is 5.76 Å². The third-order valence-electron chi connectivity index (χ3n) is 2.02. The van der Waals surface area contributed by atoms with Crippen LogP contribution in [0.2, 0.25) is 0 Å². The van der Waals surface area contributed by atoms with Crippen LogP contribution >= 0.6 is 0 Å². The number of cyclic esters (lactones) is 1. The molecule has 0 radical (unpaired) electrons. The molecule has 2 heteroatoms. The summed E-state index contributed by atoms with van der Waals surface area (Å²) in [6.45, 7) is 3.65. The number of hydrogen-bond donors (Lipinski definition) is 0. The first-order valence-corrected chi connectivity index (χ1v) is 3.42. The Bertz CT molecular complexity index is 224. The highest BCUT2D eigenvalue weighted by molar-refractivity contribution is 5.95. The lowest BCUT2D eigenvalue weighted by Crippen LogP contribution is -1.97. The number of carbonyl (C=O) groups excluding carboxylic acids is 1. The molecule has 1 aliphatic carbocycles. The van der Waals surface area contributed by atoms with Crippen LogP contribution in [0.4, 0.5) is 0 Å². The minimum atomic E-state index is -0.169. The summed E-state index contributed by atoms with van der Waals surface area (Å²) < 4.78 is 4.82. The van der Waals surface area contributed by atoms with Gasteiger partial charge in [0, 0.05) is 11.1 Å². The Morgan fingerprint density at radius 3 is 2.70 bits per heavy atom. The molecule has 0 amide bonds. The standard InChI is InChI=1S/C8H8O2/c1-5-6-3-2-4-7(6)8(9)10-5/h1-4H2. The van der Waals surface area contributed by atoms with Crippen molar-refractivity contribution in [2.24, 2.45) is 0 Å². The fourth-order valence-corrected chi connectivity index (χ4v) is 1.51. The van der Waals surface area contributed by atoms with E-state index in [2.05, 4.69) is 6.58 Å². The molecule has 0 aromatic rings. The lowest BCUT2D eigenvalue weighted by molar-refractivity contribution is -0.133. The second kappa shape index (κ2) is 1.72. The van der Waals surface area contributed by atoms with Gasteiger partial charge in [0.2, 0.25) is 0 Å². The minimum absolute atomic E-state index is 0.169. The molecule has 0 spiro atoms. The Hall–Kier alpha value is -1.05. The van der Waals surface area contributed by atoms with Crippen LogP contribution in [-0.4, -0.2) is 5.97 Å². The number of rotatable bonds is 0. The summed E-state index contributed by atoms with van der Waals surface area (Å²) in [5.41, 5.74) is 1.93. The zero-order chi connectivity index (χ0) is 7.14. The fourth-order valence-electron chi connectivity index (χ4n) is 1.51. The minimum Gasteiger partial charge on any atom is -0.423 e. The topological polar surface area (TPSA) is 26.3 Å². The molecule has 2 rings (SSSR count). The number of esters is 1. The number of ether oxygens (including phenoxy) is 1. The molecular weight excluding hydrogens is 128 g/mol. The molecule has 0 aromatic heterocycles. The molecule has 0 N–H and O–H groups in total. The van der Waals surface area contributed by atoms with Crippen molar-refractivity contribution in [1.82, 2.24) is 0 Å². The van der Waals surface area contributed by atoms with Gasteiger partial charge in [-0.3, -0.25) is 0 Å². The molecule has 0 bridgehead atoms. The van der Waals surface area contributed by atoms with E-state index in [1.54, 1.807) is 0 Å². The van der Waals surface area contributed by atoms with Crippen LogP contribution in [-0.2, 0) is 9.53 Å². The van der Waals surface area contributed by atoms with Crippen molar-refractivity contribution < 1.29 is 9.53 Å². The van der Waals surface area contributed by atoms with Crippen LogP contribution in [0.3, 0.4) is 0 Å². The Kier molecular flexibility index (Phi) is 0.982. The largest absolute Gasteiger partial charge is 0.423 e. The van der Waals surface area contributed by atoms with Gasteiger partial charge in [-0.05, 0) is 19.3 Å². The SMILES string of the molecule is C=C1OC(=O)C2=C1CCC2. The molecule has 2 aliphatic rings. The molecule has 0 aromatic carbocycles. The Morgan fingerprint density at radius 2 is 2.00 bits per heavy atom. The number of allylic oxidation sites excluding steroid dienone is 1. The Morgan fingerprint density at radius 1 is 1.30 bits per heavy atom. The molecule has 0 atom stereocenters. The summed E-state index contributed by atoms with van der Waals surface area (Å²) in [4.78, 5) is 10.9. The maximum Gasteiger partial charge on any atom is 0.339 e. The third-order valence-corrected chi connectivity index (χ3v) is 2.02. The van der Waals surface area contributed by atoms with Crippen molar-refractivity contribution in [3.05, 3.63) is 23.5 Å². The van der Waals surface area contributed by atoms with Crippen molar-refractivity contribution in [2.45, 2.75) is 19.3 Å². The molecule has 0 fully saturated rings. The monoisotopic (exact) mass is 136 g/mol. The predicted octanol–water partition coefficient (Wildman–Crippen LogP) is 1.54. The summed E-state index contributed by atoms with van der Waals surface area (Å²) in [6.07, 6.45) is 2.94. The van der Waals surface area contributed by atoms with Gasteiger partial charge in [0.05, 0.1) is 0 Å². The molecule has 10 heavy (non-hydrogen) atoms. The second-order valence-corrected chi connectivity index (χ2v) is 2.62.